The molecular formula is C27H33F2N5O2S. The Morgan fingerprint density at radius 1 is 1.22 bits per heavy atom. The number of nitrogens with zero attached hydrogens (tertiary/aromatic N) is 4. The molecule has 1 aliphatic heterocycles. The monoisotopic (exact) mass is 529 g/mol. The molecule has 1 atom stereocenters. The second-order valence-corrected chi connectivity index (χ2v) is 10.7. The molecule has 0 aliphatic carbocycles. The van der Waals surface area contributed by atoms with Crippen LogP contribution in [-0.4, -0.2) is 60.0 Å². The van der Waals surface area contributed by atoms with Gasteiger partial charge < -0.3 is 10.0 Å². The Bertz CT molecular complexity index is 1220. The van der Waals surface area contributed by atoms with Crippen molar-refractivity contribution >= 4 is 35.2 Å². The van der Waals surface area contributed by atoms with Crippen LogP contribution in [0.2, 0.25) is 0 Å². The van der Waals surface area contributed by atoms with E-state index in [9.17, 15) is 8.78 Å². The number of halogens is 2. The highest BCUT2D eigenvalue weighted by molar-refractivity contribution is 7.99. The van der Waals surface area contributed by atoms with E-state index in [0.717, 1.165) is 12.8 Å². The number of aliphatic hydroxyl groups excluding tert-OH is 1. The largest absolute Gasteiger partial charge is 0.396 e. The van der Waals surface area contributed by atoms with Gasteiger partial charge in [0.1, 0.15) is 29.9 Å². The number of aliphatic imine (C=N–C) groups is 1. The minimum atomic E-state index is -0.435. The third-order valence-corrected chi connectivity index (χ3v) is 7.41. The summed E-state index contributed by atoms with van der Waals surface area (Å²) in [6.07, 6.45) is 2.96. The Balaban J connectivity index is 1.56. The number of piperidine rings is 1. The first-order chi connectivity index (χ1) is 17.9. The number of nitrogens with one attached hydrogen (secondary N) is 1. The number of thioether (sulfide) groups is 1. The van der Waals surface area contributed by atoms with Gasteiger partial charge in [0.05, 0.1) is 18.7 Å². The Hall–Kier alpha value is -2.66. The maximum absolute atomic E-state index is 14.8. The summed E-state index contributed by atoms with van der Waals surface area (Å²) in [5.41, 5.74) is 4.65. The van der Waals surface area contributed by atoms with Crippen molar-refractivity contribution < 1.29 is 18.7 Å². The van der Waals surface area contributed by atoms with E-state index in [1.807, 2.05) is 0 Å². The third kappa shape index (κ3) is 6.62. The van der Waals surface area contributed by atoms with Crippen LogP contribution in [0, 0.1) is 23.5 Å². The van der Waals surface area contributed by atoms with Gasteiger partial charge in [0, 0.05) is 34.7 Å². The van der Waals surface area contributed by atoms with Crippen molar-refractivity contribution in [3.63, 3.8) is 0 Å². The molecule has 0 bridgehead atoms. The molecule has 2 N–H and O–H groups in total. The van der Waals surface area contributed by atoms with Gasteiger partial charge in [-0.1, -0.05) is 19.9 Å². The molecule has 3 aromatic rings. The summed E-state index contributed by atoms with van der Waals surface area (Å²) in [7, 11) is 0. The molecule has 198 valence electrons. The topological polar surface area (TPSA) is 82.9 Å². The van der Waals surface area contributed by atoms with Gasteiger partial charge in [0.2, 0.25) is 0 Å². The maximum Gasteiger partial charge on any atom is 0.140 e. The van der Waals surface area contributed by atoms with Crippen LogP contribution in [0.3, 0.4) is 0 Å². The van der Waals surface area contributed by atoms with E-state index in [2.05, 4.69) is 45.9 Å². The van der Waals surface area contributed by atoms with Crippen molar-refractivity contribution in [1.82, 2.24) is 15.4 Å². The molecule has 2 heterocycles. The van der Waals surface area contributed by atoms with E-state index in [1.165, 1.54) is 36.3 Å². The van der Waals surface area contributed by atoms with Crippen LogP contribution < -0.4 is 10.4 Å². The molecule has 10 heteroatoms. The molecule has 1 aromatic heterocycles. The zero-order valence-corrected chi connectivity index (χ0v) is 22.0. The predicted molar refractivity (Wildman–Crippen MR) is 145 cm³/mol. The number of hydrogen-bond acceptors (Lipinski definition) is 8. The van der Waals surface area contributed by atoms with E-state index in [0.29, 0.717) is 64.1 Å². The summed E-state index contributed by atoms with van der Waals surface area (Å²) in [5.74, 6) is 0.877. The standard InChI is InChI=1S/C27H33F2N5O2S/c1-17(2)15-36-33-26(30-3)18-6-8-34(9-7-18)27-22-14-20(28)13-21(25(22)31-16-32-27)19-4-5-24(23(29)12-19)37-11-10-35/h4-5,12-14,16-18,26,33,35H,3,6-11,15H2,1-2H3. The predicted octanol–water partition coefficient (Wildman–Crippen LogP) is 5.08. The summed E-state index contributed by atoms with van der Waals surface area (Å²) in [5, 5.41) is 9.61. The zero-order chi connectivity index (χ0) is 26.4. The highest BCUT2D eigenvalue weighted by atomic mass is 32.2. The van der Waals surface area contributed by atoms with Gasteiger partial charge in [0.25, 0.3) is 0 Å². The Morgan fingerprint density at radius 2 is 2.00 bits per heavy atom. The fraction of sp³-hybridized carbons (Fsp3) is 0.444. The van der Waals surface area contributed by atoms with E-state index < -0.39 is 11.6 Å². The van der Waals surface area contributed by atoms with Crippen molar-refractivity contribution in [1.29, 1.82) is 0 Å². The first-order valence-electron chi connectivity index (χ1n) is 12.5. The van der Waals surface area contributed by atoms with E-state index in [-0.39, 0.29) is 18.7 Å². The molecule has 4 rings (SSSR count). The Labute approximate surface area is 220 Å². The van der Waals surface area contributed by atoms with Gasteiger partial charge in [0.15, 0.2) is 0 Å². The minimum absolute atomic E-state index is 0.0372. The fourth-order valence-electron chi connectivity index (χ4n) is 4.54. The molecule has 0 saturated carbocycles. The summed E-state index contributed by atoms with van der Waals surface area (Å²) < 4.78 is 29.5. The van der Waals surface area contributed by atoms with E-state index in [1.54, 1.807) is 12.1 Å². The number of fused-ring (bicyclic) bond motifs is 1. The Kier molecular flexibility index (Phi) is 9.42. The van der Waals surface area contributed by atoms with Gasteiger partial charge in [-0.15, -0.1) is 11.8 Å². The average Bonchev–Trinajstić information content (AvgIpc) is 2.89. The molecule has 37 heavy (non-hydrogen) atoms. The lowest BCUT2D eigenvalue weighted by molar-refractivity contribution is -0.0128. The maximum atomic E-state index is 14.8. The van der Waals surface area contributed by atoms with Crippen molar-refractivity contribution in [2.24, 2.45) is 16.8 Å². The first-order valence-corrected chi connectivity index (χ1v) is 13.5. The summed E-state index contributed by atoms with van der Waals surface area (Å²) in [6.45, 7) is 9.88. The number of hydroxylamine groups is 1. The smallest absolute Gasteiger partial charge is 0.140 e. The summed E-state index contributed by atoms with van der Waals surface area (Å²) >= 11 is 1.23. The van der Waals surface area contributed by atoms with Crippen LogP contribution in [-0.2, 0) is 4.84 Å². The molecule has 0 spiro atoms. The van der Waals surface area contributed by atoms with Crippen LogP contribution in [0.25, 0.3) is 22.0 Å². The lowest BCUT2D eigenvalue weighted by Crippen LogP contribution is -2.43. The summed E-state index contributed by atoms with van der Waals surface area (Å²) in [6, 6.07) is 7.61. The number of aromatic nitrogens is 2. The Morgan fingerprint density at radius 3 is 2.68 bits per heavy atom. The molecule has 0 amide bonds. The van der Waals surface area contributed by atoms with Crippen LogP contribution in [0.15, 0.2) is 46.5 Å². The average molecular weight is 530 g/mol. The van der Waals surface area contributed by atoms with Gasteiger partial charge >= 0.3 is 0 Å². The molecule has 1 aliphatic rings. The number of anilines is 1. The second-order valence-electron chi connectivity index (χ2n) is 9.54. The highest BCUT2D eigenvalue weighted by Gasteiger charge is 2.28. The third-order valence-electron chi connectivity index (χ3n) is 6.38. The van der Waals surface area contributed by atoms with Crippen molar-refractivity contribution in [2.75, 3.05) is 37.0 Å². The lowest BCUT2D eigenvalue weighted by Gasteiger charge is -2.35. The van der Waals surface area contributed by atoms with Crippen LogP contribution in [0.4, 0.5) is 14.6 Å². The van der Waals surface area contributed by atoms with E-state index in [4.69, 9.17) is 9.94 Å². The lowest BCUT2D eigenvalue weighted by atomic mass is 9.93. The summed E-state index contributed by atoms with van der Waals surface area (Å²) in [4.78, 5) is 21.3. The molecule has 2 aromatic carbocycles. The van der Waals surface area contributed by atoms with Gasteiger partial charge in [-0.2, -0.15) is 5.48 Å². The van der Waals surface area contributed by atoms with Crippen molar-refractivity contribution in [2.45, 2.75) is 37.8 Å². The fourth-order valence-corrected chi connectivity index (χ4v) is 5.21. The normalized spacial score (nSPS) is 15.5. The second kappa shape index (κ2) is 12.7. The zero-order valence-electron chi connectivity index (χ0n) is 21.2. The first kappa shape index (κ1) is 27.4. The van der Waals surface area contributed by atoms with Crippen molar-refractivity contribution in [3.05, 3.63) is 48.3 Å². The highest BCUT2D eigenvalue weighted by Crippen LogP contribution is 2.36. The number of hydrogen-bond donors (Lipinski definition) is 2. The number of rotatable bonds is 11. The SMILES string of the molecule is C=NC(NOCC(C)C)C1CCN(c2ncnc3c(-c4ccc(SCCO)c(F)c4)cc(F)cc23)CC1. The van der Waals surface area contributed by atoms with Gasteiger partial charge in [-0.3, -0.25) is 9.83 Å². The molecule has 1 saturated heterocycles. The molecular weight excluding hydrogens is 496 g/mol. The quantitative estimate of drug-likeness (QED) is 0.204. The number of aliphatic hydroxyl groups is 1. The van der Waals surface area contributed by atoms with Crippen molar-refractivity contribution in [3.8, 4) is 11.1 Å². The van der Waals surface area contributed by atoms with Gasteiger partial charge in [-0.05, 0) is 61.2 Å². The molecule has 7 nitrogen and oxygen atoms in total. The molecule has 1 fully saturated rings. The minimum Gasteiger partial charge on any atom is -0.396 e. The number of benzene rings is 2. The molecule has 1 unspecified atom stereocenters. The molecule has 0 radical (unpaired) electrons. The van der Waals surface area contributed by atoms with Crippen LogP contribution in [0.5, 0.6) is 0 Å². The van der Waals surface area contributed by atoms with Crippen LogP contribution in [0.1, 0.15) is 26.7 Å². The van der Waals surface area contributed by atoms with Crippen LogP contribution >= 0.6 is 11.8 Å². The van der Waals surface area contributed by atoms with E-state index >= 15 is 0 Å². The van der Waals surface area contributed by atoms with Gasteiger partial charge in [-0.25, -0.2) is 18.7 Å².